The number of nitrogens with zero attached hydrogens (tertiary/aromatic N) is 1. The third kappa shape index (κ3) is 0.922. The molecule has 2 N–H and O–H groups in total. The summed E-state index contributed by atoms with van der Waals surface area (Å²) in [5.41, 5.74) is -1.28. The first-order valence-corrected chi connectivity index (χ1v) is 3.79. The molecule has 14 heavy (non-hydrogen) atoms. The van der Waals surface area contributed by atoms with Crippen LogP contribution in [0.4, 0.5) is 0 Å². The minimum Gasteiger partial charge on any atom is -0.508 e. The van der Waals surface area contributed by atoms with Crippen LogP contribution in [-0.2, 0) is 0 Å². The molecule has 0 aromatic heterocycles. The molecule has 5 heteroatoms. The first kappa shape index (κ1) is 8.43. The van der Waals surface area contributed by atoms with Gasteiger partial charge in [0.2, 0.25) is 10.9 Å². The Bertz CT molecular complexity index is 650. The lowest BCUT2D eigenvalue weighted by molar-refractivity contribution is 0.301. The first-order chi connectivity index (χ1) is 6.65. The molecule has 0 saturated heterocycles. The van der Waals surface area contributed by atoms with Gasteiger partial charge in [0.25, 0.3) is 0 Å². The number of hydrogen-bond donors (Lipinski definition) is 2. The third-order valence-electron chi connectivity index (χ3n) is 2.02. The van der Waals surface area contributed by atoms with Crippen molar-refractivity contribution in [1.29, 1.82) is 0 Å². The number of phenols is 1. The molecule has 0 heterocycles. The van der Waals surface area contributed by atoms with Gasteiger partial charge in [-0.2, -0.15) is 0 Å². The van der Waals surface area contributed by atoms with E-state index in [1.165, 1.54) is 18.2 Å². The second-order valence-corrected chi connectivity index (χ2v) is 2.84. The predicted molar refractivity (Wildman–Crippen MR) is 47.9 cm³/mol. The van der Waals surface area contributed by atoms with Gasteiger partial charge in [0.15, 0.2) is 5.36 Å². The van der Waals surface area contributed by atoms with Gasteiger partial charge in [0, 0.05) is 10.8 Å². The molecule has 0 aliphatic rings. The molecule has 0 spiro atoms. The molecule has 0 unspecified atom stereocenters. The maximum atomic E-state index is 11.4. The van der Waals surface area contributed by atoms with E-state index in [0.29, 0.717) is 0 Å². The van der Waals surface area contributed by atoms with Crippen LogP contribution in [0.1, 0.15) is 0 Å². The van der Waals surface area contributed by atoms with Gasteiger partial charge in [-0.25, -0.2) is 0 Å². The van der Waals surface area contributed by atoms with E-state index in [1.54, 1.807) is 0 Å². The number of phenolic OH excluding ortho intramolecular Hbond substituents is 1. The third-order valence-corrected chi connectivity index (χ3v) is 2.02. The van der Waals surface area contributed by atoms with E-state index in [4.69, 9.17) is 10.3 Å². The summed E-state index contributed by atoms with van der Waals surface area (Å²) in [6.07, 6.45) is 0. The summed E-state index contributed by atoms with van der Waals surface area (Å²) in [4.78, 5) is 22.7. The predicted octanol–water partition coefficient (Wildman–Crippen LogP) is -0.569. The van der Waals surface area contributed by atoms with Gasteiger partial charge in [-0.15, -0.1) is 0 Å². The lowest BCUT2D eigenvalue weighted by Gasteiger charge is -1.88. The van der Waals surface area contributed by atoms with E-state index in [9.17, 15) is 9.59 Å². The van der Waals surface area contributed by atoms with Crippen molar-refractivity contribution in [3.63, 3.8) is 0 Å². The van der Waals surface area contributed by atoms with Crippen molar-refractivity contribution < 1.29 is 10.3 Å². The summed E-state index contributed by atoms with van der Waals surface area (Å²) in [7, 11) is 0. The van der Waals surface area contributed by atoms with E-state index < -0.39 is 16.2 Å². The quantitative estimate of drug-likeness (QED) is 0.431. The average Bonchev–Trinajstić information content (AvgIpc) is 2.39. The SMILES string of the molecule is O=c1c(=NO)c(=O)c2cc(O)ccc12. The van der Waals surface area contributed by atoms with Crippen LogP contribution in [0.15, 0.2) is 32.9 Å². The Hall–Kier alpha value is -2.17. The van der Waals surface area contributed by atoms with E-state index in [1.807, 2.05) is 0 Å². The lowest BCUT2D eigenvalue weighted by atomic mass is 10.2. The number of aromatic hydroxyl groups is 1. The second kappa shape index (κ2) is 2.66. The van der Waals surface area contributed by atoms with E-state index in [-0.39, 0.29) is 16.5 Å². The summed E-state index contributed by atoms with van der Waals surface area (Å²) in [6.45, 7) is 0. The molecule has 0 bridgehead atoms. The Kier molecular flexibility index (Phi) is 1.60. The molecule has 2 rings (SSSR count). The van der Waals surface area contributed by atoms with Gasteiger partial charge < -0.3 is 10.3 Å². The summed E-state index contributed by atoms with van der Waals surface area (Å²) >= 11 is 0. The molecule has 0 atom stereocenters. The molecule has 0 radical (unpaired) electrons. The van der Waals surface area contributed by atoms with Gasteiger partial charge in [-0.1, -0.05) is 5.16 Å². The fourth-order valence-electron chi connectivity index (χ4n) is 1.37. The second-order valence-electron chi connectivity index (χ2n) is 2.84. The highest BCUT2D eigenvalue weighted by Gasteiger charge is 2.11. The molecule has 2 aromatic carbocycles. The zero-order valence-electron chi connectivity index (χ0n) is 6.89. The van der Waals surface area contributed by atoms with Gasteiger partial charge >= 0.3 is 0 Å². The van der Waals surface area contributed by atoms with Crippen LogP contribution < -0.4 is 16.2 Å². The molecular formula is C9H5NO4. The highest BCUT2D eigenvalue weighted by atomic mass is 16.4. The molecule has 0 fully saturated rings. The smallest absolute Gasteiger partial charge is 0.219 e. The molecule has 0 aliphatic heterocycles. The normalized spacial score (nSPS) is 12.4. The van der Waals surface area contributed by atoms with E-state index in [0.717, 1.165) is 0 Å². The summed E-state index contributed by atoms with van der Waals surface area (Å²) in [6, 6.07) is 3.79. The molecule has 0 saturated carbocycles. The van der Waals surface area contributed by atoms with Crippen LogP contribution in [0.2, 0.25) is 0 Å². The topological polar surface area (TPSA) is 87.0 Å². The Labute approximate surface area is 76.9 Å². The number of benzene rings is 1. The largest absolute Gasteiger partial charge is 0.508 e. The van der Waals surface area contributed by atoms with Gasteiger partial charge in [0.1, 0.15) is 5.75 Å². The standard InChI is InChI=1S/C9H5NO4/c11-4-1-2-5-6(3-4)9(13)7(10-14)8(5)12/h1-3,11,14H. The Morgan fingerprint density at radius 1 is 1.07 bits per heavy atom. The summed E-state index contributed by atoms with van der Waals surface area (Å²) in [5, 5.41) is 19.9. The summed E-state index contributed by atoms with van der Waals surface area (Å²) in [5.74, 6) is -0.107. The van der Waals surface area contributed by atoms with Crippen molar-refractivity contribution in [2.75, 3.05) is 0 Å². The van der Waals surface area contributed by atoms with Crippen LogP contribution in [0.3, 0.4) is 0 Å². The first-order valence-electron chi connectivity index (χ1n) is 3.79. The Morgan fingerprint density at radius 2 is 1.71 bits per heavy atom. The van der Waals surface area contributed by atoms with Gasteiger partial charge in [-0.05, 0) is 18.2 Å². The van der Waals surface area contributed by atoms with Crippen molar-refractivity contribution in [2.45, 2.75) is 0 Å². The van der Waals surface area contributed by atoms with Crippen molar-refractivity contribution >= 4 is 10.8 Å². The van der Waals surface area contributed by atoms with Crippen molar-refractivity contribution in [3.05, 3.63) is 44.0 Å². The average molecular weight is 191 g/mol. The fourth-order valence-corrected chi connectivity index (χ4v) is 1.37. The number of fused-ring (bicyclic) bond motifs is 1. The Balaban J connectivity index is 3.20. The zero-order valence-corrected chi connectivity index (χ0v) is 6.89. The van der Waals surface area contributed by atoms with Crippen molar-refractivity contribution in [1.82, 2.24) is 0 Å². The minimum absolute atomic E-state index is 0.0720. The monoisotopic (exact) mass is 191 g/mol. The van der Waals surface area contributed by atoms with Crippen LogP contribution in [0.5, 0.6) is 5.75 Å². The van der Waals surface area contributed by atoms with Crippen LogP contribution in [-0.4, -0.2) is 10.3 Å². The maximum Gasteiger partial charge on any atom is 0.219 e. The van der Waals surface area contributed by atoms with E-state index >= 15 is 0 Å². The molecule has 5 nitrogen and oxygen atoms in total. The minimum atomic E-state index is -0.664. The van der Waals surface area contributed by atoms with Crippen LogP contribution in [0.25, 0.3) is 10.8 Å². The highest BCUT2D eigenvalue weighted by Crippen LogP contribution is 2.12. The van der Waals surface area contributed by atoms with Crippen molar-refractivity contribution in [3.8, 4) is 5.75 Å². The van der Waals surface area contributed by atoms with Crippen LogP contribution >= 0.6 is 0 Å². The summed E-state index contributed by atoms with van der Waals surface area (Å²) < 4.78 is 0. The maximum absolute atomic E-state index is 11.4. The van der Waals surface area contributed by atoms with Crippen molar-refractivity contribution in [2.24, 2.45) is 5.16 Å². The van der Waals surface area contributed by atoms with Crippen LogP contribution in [0, 0.1) is 0 Å². The van der Waals surface area contributed by atoms with Gasteiger partial charge in [-0.3, -0.25) is 9.59 Å². The molecular weight excluding hydrogens is 186 g/mol. The highest BCUT2D eigenvalue weighted by molar-refractivity contribution is 5.84. The molecule has 0 amide bonds. The Morgan fingerprint density at radius 3 is 2.36 bits per heavy atom. The fraction of sp³-hybridized carbons (Fsp3) is 0. The zero-order chi connectivity index (χ0) is 10.3. The van der Waals surface area contributed by atoms with E-state index in [2.05, 4.69) is 5.16 Å². The molecule has 0 aliphatic carbocycles. The number of hydrogen-bond acceptors (Lipinski definition) is 5. The lowest BCUT2D eigenvalue weighted by Crippen LogP contribution is -2.31. The molecule has 70 valence electrons. The molecule has 2 aromatic rings. The number of rotatable bonds is 0. The van der Waals surface area contributed by atoms with Gasteiger partial charge in [0.05, 0.1) is 0 Å².